The van der Waals surface area contributed by atoms with Gasteiger partial charge in [-0.1, -0.05) is 18.5 Å². The van der Waals surface area contributed by atoms with Gasteiger partial charge in [-0.3, -0.25) is 14.2 Å². The smallest absolute Gasteiger partial charge is 0.310 e. The van der Waals surface area contributed by atoms with Crippen molar-refractivity contribution < 1.29 is 23.5 Å². The van der Waals surface area contributed by atoms with Crippen molar-refractivity contribution in [1.82, 2.24) is 4.57 Å². The van der Waals surface area contributed by atoms with Crippen LogP contribution in [0.25, 0.3) is 10.9 Å². The summed E-state index contributed by atoms with van der Waals surface area (Å²) < 4.78 is 26.1. The third-order valence-electron chi connectivity index (χ3n) is 4.22. The van der Waals surface area contributed by atoms with Crippen molar-refractivity contribution in [2.45, 2.75) is 20.3 Å². The summed E-state index contributed by atoms with van der Waals surface area (Å²) >= 11 is 5.88. The number of rotatable bonds is 4. The molecular weight excluding hydrogens is 373 g/mol. The molecule has 0 aliphatic rings. The number of hydrogen-bond acceptors (Lipinski definition) is 4. The zero-order valence-electron chi connectivity index (χ0n) is 15.0. The highest BCUT2D eigenvalue weighted by Crippen LogP contribution is 2.37. The first kappa shape index (κ1) is 18.9. The molecule has 5 nitrogen and oxygen atoms in total. The second-order valence-corrected chi connectivity index (χ2v) is 6.33. The molecule has 0 unspecified atom stereocenters. The first-order valence-corrected chi connectivity index (χ1v) is 8.64. The van der Waals surface area contributed by atoms with E-state index in [2.05, 4.69) is 0 Å². The molecule has 1 aromatic heterocycles. The summed E-state index contributed by atoms with van der Waals surface area (Å²) in [5.74, 6) is -1.28. The largest absolute Gasteiger partial charge is 0.494 e. The van der Waals surface area contributed by atoms with Crippen LogP contribution in [0.15, 0.2) is 36.4 Å². The van der Waals surface area contributed by atoms with E-state index in [-0.39, 0.29) is 23.4 Å². The molecule has 0 atom stereocenters. The molecule has 2 aromatic carbocycles. The lowest BCUT2D eigenvalue weighted by Gasteiger charge is -2.08. The fourth-order valence-corrected chi connectivity index (χ4v) is 2.97. The first-order chi connectivity index (χ1) is 12.9. The third-order valence-corrected chi connectivity index (χ3v) is 4.47. The van der Waals surface area contributed by atoms with Crippen LogP contribution in [0.4, 0.5) is 4.39 Å². The average Bonchev–Trinajstić information content (AvgIpc) is 2.91. The van der Waals surface area contributed by atoms with Gasteiger partial charge in [0.05, 0.1) is 18.3 Å². The minimum absolute atomic E-state index is 0.00705. The Morgan fingerprint density at radius 1 is 1.19 bits per heavy atom. The highest BCUT2D eigenvalue weighted by atomic mass is 35.5. The monoisotopic (exact) mass is 389 g/mol. The van der Waals surface area contributed by atoms with Gasteiger partial charge >= 0.3 is 5.97 Å². The zero-order chi connectivity index (χ0) is 19.7. The lowest BCUT2D eigenvalue weighted by Crippen LogP contribution is -2.14. The molecule has 0 fully saturated rings. The molecule has 0 spiro atoms. The fraction of sp³-hybridized carbons (Fsp3) is 0.200. The van der Waals surface area contributed by atoms with E-state index in [1.807, 2.05) is 0 Å². The molecule has 0 aliphatic carbocycles. The van der Waals surface area contributed by atoms with Gasteiger partial charge in [-0.2, -0.15) is 0 Å². The van der Waals surface area contributed by atoms with Gasteiger partial charge in [0.1, 0.15) is 0 Å². The van der Waals surface area contributed by atoms with E-state index >= 15 is 0 Å². The summed E-state index contributed by atoms with van der Waals surface area (Å²) in [7, 11) is 1.34. The number of ether oxygens (including phenoxy) is 2. The van der Waals surface area contributed by atoms with E-state index in [4.69, 9.17) is 21.1 Å². The van der Waals surface area contributed by atoms with E-state index in [0.29, 0.717) is 21.7 Å². The van der Waals surface area contributed by atoms with Gasteiger partial charge in [0, 0.05) is 28.5 Å². The molecule has 0 aliphatic heterocycles. The summed E-state index contributed by atoms with van der Waals surface area (Å²) in [6.07, 6.45) is 0.162. The number of halogens is 2. The zero-order valence-corrected chi connectivity index (χ0v) is 15.8. The normalized spacial score (nSPS) is 10.9. The predicted molar refractivity (Wildman–Crippen MR) is 100 cm³/mol. The molecule has 0 saturated heterocycles. The number of hydrogen-bond donors (Lipinski definition) is 0. The lowest BCUT2D eigenvalue weighted by molar-refractivity contribution is -0.133. The summed E-state index contributed by atoms with van der Waals surface area (Å²) in [6, 6.07) is 8.95. The number of methoxy groups -OCH3 is 1. The van der Waals surface area contributed by atoms with Crippen molar-refractivity contribution in [3.63, 3.8) is 0 Å². The summed E-state index contributed by atoms with van der Waals surface area (Å²) in [4.78, 5) is 24.9. The molecule has 0 saturated carbocycles. The predicted octanol–water partition coefficient (Wildman–Crippen LogP) is 4.75. The van der Waals surface area contributed by atoms with Crippen LogP contribution in [0.1, 0.15) is 29.4 Å². The summed E-state index contributed by atoms with van der Waals surface area (Å²) in [5, 5.41) is 0.906. The van der Waals surface area contributed by atoms with Crippen LogP contribution < -0.4 is 9.47 Å². The van der Waals surface area contributed by atoms with Crippen LogP contribution in [-0.2, 0) is 4.79 Å². The molecule has 0 amide bonds. The van der Waals surface area contributed by atoms with Crippen molar-refractivity contribution in [2.75, 3.05) is 7.11 Å². The van der Waals surface area contributed by atoms with Crippen molar-refractivity contribution in [3.8, 4) is 11.5 Å². The van der Waals surface area contributed by atoms with Crippen LogP contribution in [-0.4, -0.2) is 23.6 Å². The van der Waals surface area contributed by atoms with Crippen LogP contribution in [0.5, 0.6) is 11.5 Å². The summed E-state index contributed by atoms with van der Waals surface area (Å²) in [5.41, 5.74) is 1.04. The number of nitrogens with zero attached hydrogens (tertiary/aromatic N) is 1. The number of fused-ring (bicyclic) bond motifs is 1. The molecule has 3 aromatic rings. The van der Waals surface area contributed by atoms with Crippen LogP contribution >= 0.6 is 11.6 Å². The van der Waals surface area contributed by atoms with Gasteiger partial charge in [0.15, 0.2) is 17.3 Å². The molecule has 3 rings (SSSR count). The Morgan fingerprint density at radius 2 is 1.85 bits per heavy atom. The van der Waals surface area contributed by atoms with Crippen molar-refractivity contribution in [2.24, 2.45) is 0 Å². The molecule has 0 bridgehead atoms. The highest BCUT2D eigenvalue weighted by molar-refractivity contribution is 6.30. The van der Waals surface area contributed by atoms with E-state index in [0.717, 1.165) is 0 Å². The Morgan fingerprint density at radius 3 is 2.44 bits per heavy atom. The Hall–Kier alpha value is -2.86. The second kappa shape index (κ2) is 7.40. The maximum Gasteiger partial charge on any atom is 0.310 e. The van der Waals surface area contributed by atoms with Crippen LogP contribution in [0.2, 0.25) is 5.02 Å². The van der Waals surface area contributed by atoms with Gasteiger partial charge < -0.3 is 9.47 Å². The van der Waals surface area contributed by atoms with Crippen molar-refractivity contribution in [1.29, 1.82) is 0 Å². The minimum Gasteiger partial charge on any atom is -0.494 e. The van der Waals surface area contributed by atoms with E-state index < -0.39 is 17.7 Å². The number of carbonyl (C=O) groups excluding carboxylic acids is 2. The van der Waals surface area contributed by atoms with E-state index in [9.17, 15) is 14.0 Å². The molecule has 27 heavy (non-hydrogen) atoms. The topological polar surface area (TPSA) is 57.5 Å². The fourth-order valence-electron chi connectivity index (χ4n) is 2.84. The second-order valence-electron chi connectivity index (χ2n) is 5.89. The number of esters is 1. The first-order valence-electron chi connectivity index (χ1n) is 8.26. The minimum atomic E-state index is -0.624. The Labute approximate surface area is 160 Å². The van der Waals surface area contributed by atoms with Gasteiger partial charge in [-0.25, -0.2) is 4.39 Å². The van der Waals surface area contributed by atoms with Crippen LogP contribution in [0, 0.1) is 12.7 Å². The molecule has 0 N–H and O–H groups in total. The number of benzene rings is 2. The average molecular weight is 390 g/mol. The van der Waals surface area contributed by atoms with Gasteiger partial charge in [-0.05, 0) is 37.3 Å². The van der Waals surface area contributed by atoms with Crippen molar-refractivity contribution >= 4 is 34.4 Å². The molecule has 0 radical (unpaired) electrons. The third kappa shape index (κ3) is 3.40. The SMILES string of the molecule is CCC(=O)Oc1c(C)n(C(=O)c2ccc(Cl)cc2)c2cc(F)c(OC)cc12. The quantitative estimate of drug-likeness (QED) is 0.604. The van der Waals surface area contributed by atoms with Crippen LogP contribution in [0.3, 0.4) is 0 Å². The van der Waals surface area contributed by atoms with Gasteiger partial charge in [0.25, 0.3) is 5.91 Å². The Bertz CT molecular complexity index is 1040. The maximum atomic E-state index is 14.3. The summed E-state index contributed by atoms with van der Waals surface area (Å²) in [6.45, 7) is 3.30. The van der Waals surface area contributed by atoms with Gasteiger partial charge in [-0.15, -0.1) is 0 Å². The van der Waals surface area contributed by atoms with Gasteiger partial charge in [0.2, 0.25) is 0 Å². The molecular formula is C20H17ClFNO4. The highest BCUT2D eigenvalue weighted by Gasteiger charge is 2.24. The van der Waals surface area contributed by atoms with E-state index in [1.54, 1.807) is 38.1 Å². The van der Waals surface area contributed by atoms with Crippen molar-refractivity contribution in [3.05, 3.63) is 58.5 Å². The standard InChI is InChI=1S/C20H17ClFNO4/c1-4-18(24)27-19-11(2)23(20(25)12-5-7-13(21)8-6-12)16-10-15(22)17(26-3)9-14(16)19/h5-10H,4H2,1-3H3. The Kier molecular flexibility index (Phi) is 5.19. The van der Waals surface area contributed by atoms with E-state index in [1.165, 1.54) is 23.8 Å². The number of carbonyl (C=O) groups is 2. The lowest BCUT2D eigenvalue weighted by atomic mass is 10.2. The number of aromatic nitrogens is 1. The Balaban J connectivity index is 2.26. The molecule has 1 heterocycles. The molecule has 140 valence electrons. The maximum absolute atomic E-state index is 14.3. The molecule has 7 heteroatoms.